The maximum Gasteiger partial charge on any atom is 0.250 e. The Hall–Kier alpha value is -2.12. The van der Waals surface area contributed by atoms with Gasteiger partial charge in [-0.2, -0.15) is 0 Å². The van der Waals surface area contributed by atoms with Gasteiger partial charge in [0.1, 0.15) is 12.1 Å². The standard InChI is InChI=1S/C18H26N4O3/c1-25-12-11-20-16(23)13-21-14-22(15-5-3-2-4-6-15)18(17(21)24)7-9-19-10-8-18/h2-6,19H,7-14H2,1H3,(H,20,23). The van der Waals surface area contributed by atoms with Gasteiger partial charge in [-0.25, -0.2) is 0 Å². The molecule has 1 aromatic carbocycles. The van der Waals surface area contributed by atoms with Crippen molar-refractivity contribution >= 4 is 17.5 Å². The highest BCUT2D eigenvalue weighted by atomic mass is 16.5. The predicted molar refractivity (Wildman–Crippen MR) is 95.2 cm³/mol. The first-order valence-electron chi connectivity index (χ1n) is 8.76. The van der Waals surface area contributed by atoms with Gasteiger partial charge in [0.2, 0.25) is 11.8 Å². The van der Waals surface area contributed by atoms with Gasteiger partial charge in [-0.3, -0.25) is 9.59 Å². The summed E-state index contributed by atoms with van der Waals surface area (Å²) >= 11 is 0. The molecule has 2 saturated heterocycles. The number of amides is 2. The molecule has 7 heteroatoms. The quantitative estimate of drug-likeness (QED) is 0.719. The highest BCUT2D eigenvalue weighted by Crippen LogP contribution is 2.37. The Kier molecular flexibility index (Phi) is 5.55. The van der Waals surface area contributed by atoms with Crippen molar-refractivity contribution in [2.24, 2.45) is 0 Å². The molecule has 2 heterocycles. The molecule has 136 valence electrons. The zero-order valence-electron chi connectivity index (χ0n) is 14.7. The van der Waals surface area contributed by atoms with Crippen LogP contribution >= 0.6 is 0 Å². The van der Waals surface area contributed by atoms with Crippen molar-refractivity contribution in [2.45, 2.75) is 18.4 Å². The molecular weight excluding hydrogens is 320 g/mol. The Morgan fingerprint density at radius 1 is 1.28 bits per heavy atom. The molecule has 2 fully saturated rings. The zero-order chi connectivity index (χ0) is 17.7. The molecule has 0 bridgehead atoms. The fourth-order valence-corrected chi connectivity index (χ4v) is 3.68. The van der Waals surface area contributed by atoms with Gasteiger partial charge in [-0.15, -0.1) is 0 Å². The molecule has 2 N–H and O–H groups in total. The summed E-state index contributed by atoms with van der Waals surface area (Å²) in [5.74, 6) is -0.0934. The van der Waals surface area contributed by atoms with Crippen LogP contribution in [0.15, 0.2) is 30.3 Å². The van der Waals surface area contributed by atoms with Crippen LogP contribution in [0.25, 0.3) is 0 Å². The number of carbonyl (C=O) groups is 2. The van der Waals surface area contributed by atoms with Crippen molar-refractivity contribution < 1.29 is 14.3 Å². The van der Waals surface area contributed by atoms with Crippen LogP contribution in [0.5, 0.6) is 0 Å². The molecule has 0 unspecified atom stereocenters. The number of hydrogen-bond donors (Lipinski definition) is 2. The van der Waals surface area contributed by atoms with E-state index in [0.29, 0.717) is 19.8 Å². The Bertz CT molecular complexity index is 602. The SMILES string of the molecule is COCCNC(=O)CN1CN(c2ccccc2)C2(CCNCC2)C1=O. The predicted octanol–water partition coefficient (Wildman–Crippen LogP) is 0.178. The lowest BCUT2D eigenvalue weighted by atomic mass is 9.86. The molecule has 7 nitrogen and oxygen atoms in total. The van der Waals surface area contributed by atoms with Gasteiger partial charge in [0.25, 0.3) is 0 Å². The molecule has 2 aliphatic heterocycles. The molecule has 1 aromatic rings. The van der Waals surface area contributed by atoms with Crippen LogP contribution in [0.1, 0.15) is 12.8 Å². The van der Waals surface area contributed by atoms with Gasteiger partial charge >= 0.3 is 0 Å². The fourth-order valence-electron chi connectivity index (χ4n) is 3.68. The van der Waals surface area contributed by atoms with Crippen LogP contribution in [0, 0.1) is 0 Å². The third-order valence-electron chi connectivity index (χ3n) is 4.98. The number of para-hydroxylation sites is 1. The number of benzene rings is 1. The van der Waals surface area contributed by atoms with E-state index in [1.54, 1.807) is 12.0 Å². The summed E-state index contributed by atoms with van der Waals surface area (Å²) in [4.78, 5) is 29.2. The van der Waals surface area contributed by atoms with E-state index in [9.17, 15) is 9.59 Å². The highest BCUT2D eigenvalue weighted by molar-refractivity contribution is 5.96. The molecule has 2 aliphatic rings. The number of nitrogens with one attached hydrogen (secondary N) is 2. The van der Waals surface area contributed by atoms with Gasteiger partial charge in [0.05, 0.1) is 13.3 Å². The number of hydrogen-bond acceptors (Lipinski definition) is 5. The summed E-state index contributed by atoms with van der Waals surface area (Å²) in [5.41, 5.74) is 0.486. The van der Waals surface area contributed by atoms with Gasteiger partial charge < -0.3 is 25.2 Å². The minimum atomic E-state index is -0.542. The van der Waals surface area contributed by atoms with E-state index >= 15 is 0 Å². The first-order valence-corrected chi connectivity index (χ1v) is 8.76. The van der Waals surface area contributed by atoms with E-state index in [4.69, 9.17) is 4.74 Å². The van der Waals surface area contributed by atoms with Crippen molar-refractivity contribution in [3.05, 3.63) is 30.3 Å². The second-order valence-corrected chi connectivity index (χ2v) is 6.53. The van der Waals surface area contributed by atoms with Gasteiger partial charge in [0.15, 0.2) is 0 Å². The van der Waals surface area contributed by atoms with Crippen molar-refractivity contribution in [2.75, 3.05) is 51.5 Å². The number of carbonyl (C=O) groups excluding carboxylic acids is 2. The Balaban J connectivity index is 1.76. The van der Waals surface area contributed by atoms with Crippen LogP contribution in [0.3, 0.4) is 0 Å². The maximum absolute atomic E-state index is 13.2. The summed E-state index contributed by atoms with van der Waals surface area (Å²) in [7, 11) is 1.59. The molecule has 0 atom stereocenters. The van der Waals surface area contributed by atoms with Crippen LogP contribution in [0.2, 0.25) is 0 Å². The van der Waals surface area contributed by atoms with Gasteiger partial charge in [0, 0.05) is 19.3 Å². The second kappa shape index (κ2) is 7.84. The average molecular weight is 346 g/mol. The Morgan fingerprint density at radius 2 is 2.00 bits per heavy atom. The topological polar surface area (TPSA) is 73.9 Å². The van der Waals surface area contributed by atoms with Crippen molar-refractivity contribution in [1.29, 1.82) is 0 Å². The number of methoxy groups -OCH3 is 1. The summed E-state index contributed by atoms with van der Waals surface area (Å²) in [6.07, 6.45) is 1.51. The second-order valence-electron chi connectivity index (χ2n) is 6.53. The molecule has 0 aromatic heterocycles. The number of ether oxygens (including phenoxy) is 1. The number of nitrogens with zero attached hydrogens (tertiary/aromatic N) is 2. The lowest BCUT2D eigenvalue weighted by molar-refractivity contribution is -0.136. The van der Waals surface area contributed by atoms with Crippen molar-refractivity contribution in [3.8, 4) is 0 Å². The van der Waals surface area contributed by atoms with E-state index < -0.39 is 5.54 Å². The number of piperidine rings is 1. The first-order chi connectivity index (χ1) is 12.2. The third kappa shape index (κ3) is 3.62. The fraction of sp³-hybridized carbons (Fsp3) is 0.556. The average Bonchev–Trinajstić information content (AvgIpc) is 2.89. The van der Waals surface area contributed by atoms with Crippen LogP contribution in [0.4, 0.5) is 5.69 Å². The summed E-state index contributed by atoms with van der Waals surface area (Å²) in [6, 6.07) is 9.99. The Morgan fingerprint density at radius 3 is 2.68 bits per heavy atom. The third-order valence-corrected chi connectivity index (χ3v) is 4.98. The minimum absolute atomic E-state index is 0.0553. The monoisotopic (exact) mass is 346 g/mol. The lowest BCUT2D eigenvalue weighted by Gasteiger charge is -2.40. The molecule has 1 spiro atoms. The molecule has 0 saturated carbocycles. The molecular formula is C18H26N4O3. The normalized spacial score (nSPS) is 19.5. The smallest absolute Gasteiger partial charge is 0.250 e. The summed E-state index contributed by atoms with van der Waals surface area (Å²) in [5, 5.41) is 6.12. The van der Waals surface area contributed by atoms with Crippen molar-refractivity contribution in [3.63, 3.8) is 0 Å². The van der Waals surface area contributed by atoms with Crippen LogP contribution in [-0.4, -0.2) is 68.8 Å². The lowest BCUT2D eigenvalue weighted by Crippen LogP contribution is -2.55. The van der Waals surface area contributed by atoms with E-state index in [1.807, 2.05) is 30.3 Å². The number of anilines is 1. The number of rotatable bonds is 6. The molecule has 0 aliphatic carbocycles. The Labute approximate surface area is 148 Å². The molecule has 3 rings (SSSR count). The first kappa shape index (κ1) is 17.7. The largest absolute Gasteiger partial charge is 0.383 e. The van der Waals surface area contributed by atoms with Gasteiger partial charge in [-0.1, -0.05) is 18.2 Å². The summed E-state index contributed by atoms with van der Waals surface area (Å²) in [6.45, 7) is 3.06. The van der Waals surface area contributed by atoms with Gasteiger partial charge in [-0.05, 0) is 38.1 Å². The van der Waals surface area contributed by atoms with E-state index in [1.165, 1.54) is 0 Å². The maximum atomic E-state index is 13.2. The highest BCUT2D eigenvalue weighted by Gasteiger charge is 2.52. The molecule has 25 heavy (non-hydrogen) atoms. The van der Waals surface area contributed by atoms with E-state index in [-0.39, 0.29) is 18.4 Å². The van der Waals surface area contributed by atoms with E-state index in [2.05, 4.69) is 15.5 Å². The van der Waals surface area contributed by atoms with Crippen LogP contribution in [-0.2, 0) is 14.3 Å². The molecule has 0 radical (unpaired) electrons. The van der Waals surface area contributed by atoms with Crippen molar-refractivity contribution in [1.82, 2.24) is 15.5 Å². The molecule has 2 amide bonds. The minimum Gasteiger partial charge on any atom is -0.383 e. The van der Waals surface area contributed by atoms with E-state index in [0.717, 1.165) is 31.6 Å². The summed E-state index contributed by atoms with van der Waals surface area (Å²) < 4.78 is 4.94. The zero-order valence-corrected chi connectivity index (χ0v) is 14.7. The van der Waals surface area contributed by atoms with Crippen LogP contribution < -0.4 is 15.5 Å².